The highest BCUT2D eigenvalue weighted by atomic mass is 35.5. The lowest BCUT2D eigenvalue weighted by Crippen LogP contribution is -2.30. The highest BCUT2D eigenvalue weighted by molar-refractivity contribution is 7.27. The van der Waals surface area contributed by atoms with Gasteiger partial charge in [0.2, 0.25) is 0 Å². The smallest absolute Gasteiger partial charge is 0.263 e. The van der Waals surface area contributed by atoms with Crippen LogP contribution in [-0.4, -0.2) is 29.8 Å². The number of halogens is 1. The molecule has 2 nitrogen and oxygen atoms in total. The maximum Gasteiger partial charge on any atom is 0.263 e. The van der Waals surface area contributed by atoms with Gasteiger partial charge in [-0.1, -0.05) is 0 Å². The number of amides is 1. The van der Waals surface area contributed by atoms with Crippen LogP contribution in [0.4, 0.5) is 0 Å². The Morgan fingerprint density at radius 2 is 2.31 bits per heavy atom. The predicted molar refractivity (Wildman–Crippen MR) is 72.0 cm³/mol. The summed E-state index contributed by atoms with van der Waals surface area (Å²) in [7, 11) is 1.79. The van der Waals surface area contributed by atoms with Gasteiger partial charge in [0.1, 0.15) is 0 Å². The zero-order valence-electron chi connectivity index (χ0n) is 9.07. The number of hydrogen-bond donors (Lipinski definition) is 0. The number of carbonyl (C=O) groups excluding carboxylic acids is 1. The van der Waals surface area contributed by atoms with Crippen molar-refractivity contribution in [1.82, 2.24) is 4.90 Å². The first-order valence-corrected chi connectivity index (χ1v) is 7.08. The van der Waals surface area contributed by atoms with Crippen molar-refractivity contribution in [3.63, 3.8) is 0 Å². The Morgan fingerprint density at radius 3 is 2.94 bits per heavy atom. The number of alkyl halides is 1. The van der Waals surface area contributed by atoms with E-state index in [2.05, 4.69) is 0 Å². The molecule has 1 amide bonds. The highest BCUT2D eigenvalue weighted by Crippen LogP contribution is 2.30. The van der Waals surface area contributed by atoms with Crippen LogP contribution in [0.2, 0.25) is 0 Å². The van der Waals surface area contributed by atoms with Crippen LogP contribution in [0.1, 0.15) is 16.6 Å². The van der Waals surface area contributed by atoms with E-state index in [1.165, 1.54) is 9.40 Å². The molecule has 0 saturated heterocycles. The van der Waals surface area contributed by atoms with Crippen molar-refractivity contribution in [3.05, 3.63) is 22.4 Å². The number of nitrogens with zero attached hydrogens (tertiary/aromatic N) is 1. The summed E-state index contributed by atoms with van der Waals surface area (Å²) in [5, 5.41) is 2.02. The average molecular weight is 274 g/mol. The minimum Gasteiger partial charge on any atom is -0.340 e. The summed E-state index contributed by atoms with van der Waals surface area (Å²) in [5.41, 5.74) is 0. The lowest BCUT2D eigenvalue weighted by molar-refractivity contribution is 0.0801. The van der Waals surface area contributed by atoms with E-state index in [0.29, 0.717) is 6.54 Å². The first-order chi connectivity index (χ1) is 7.58. The van der Waals surface area contributed by atoms with Gasteiger partial charge in [0, 0.05) is 28.4 Å². The number of rotatable bonds is 3. The fourth-order valence-corrected chi connectivity index (χ4v) is 3.83. The van der Waals surface area contributed by atoms with E-state index in [9.17, 15) is 4.79 Å². The standard InChI is InChI=1S/C11H12ClNOS2/c1-7(12)6-13(2)11(14)10-5-9-8(16-10)3-4-15-9/h3-5,7H,6H2,1-2H3. The van der Waals surface area contributed by atoms with Crippen molar-refractivity contribution in [2.24, 2.45) is 0 Å². The molecule has 2 aromatic heterocycles. The van der Waals surface area contributed by atoms with E-state index in [0.717, 1.165) is 4.88 Å². The fourth-order valence-electron chi connectivity index (χ4n) is 1.52. The van der Waals surface area contributed by atoms with Gasteiger partial charge in [-0.15, -0.1) is 34.3 Å². The van der Waals surface area contributed by atoms with E-state index >= 15 is 0 Å². The van der Waals surface area contributed by atoms with Crippen LogP contribution in [0, 0.1) is 0 Å². The monoisotopic (exact) mass is 273 g/mol. The van der Waals surface area contributed by atoms with Crippen molar-refractivity contribution in [2.45, 2.75) is 12.3 Å². The van der Waals surface area contributed by atoms with E-state index in [1.54, 1.807) is 34.6 Å². The largest absolute Gasteiger partial charge is 0.340 e. The van der Waals surface area contributed by atoms with Crippen LogP contribution in [0.3, 0.4) is 0 Å². The zero-order valence-corrected chi connectivity index (χ0v) is 11.5. The topological polar surface area (TPSA) is 20.3 Å². The fraction of sp³-hybridized carbons (Fsp3) is 0.364. The van der Waals surface area contributed by atoms with Crippen LogP contribution in [-0.2, 0) is 0 Å². The Kier molecular flexibility index (Phi) is 3.52. The van der Waals surface area contributed by atoms with Crippen molar-refractivity contribution < 1.29 is 4.79 Å². The molecule has 2 heterocycles. The Balaban J connectivity index is 2.18. The summed E-state index contributed by atoms with van der Waals surface area (Å²) in [6, 6.07) is 4.01. The first-order valence-electron chi connectivity index (χ1n) is 4.94. The minimum atomic E-state index is -0.0185. The lowest BCUT2D eigenvalue weighted by Gasteiger charge is -2.17. The summed E-state index contributed by atoms with van der Waals surface area (Å²) in [5.74, 6) is 0.0564. The molecule has 2 aromatic rings. The van der Waals surface area contributed by atoms with Crippen LogP contribution in [0.15, 0.2) is 17.5 Å². The number of carbonyl (C=O) groups is 1. The van der Waals surface area contributed by atoms with Gasteiger partial charge in [-0.05, 0) is 24.4 Å². The van der Waals surface area contributed by atoms with E-state index in [4.69, 9.17) is 11.6 Å². The van der Waals surface area contributed by atoms with E-state index in [-0.39, 0.29) is 11.3 Å². The second kappa shape index (κ2) is 4.73. The van der Waals surface area contributed by atoms with Gasteiger partial charge < -0.3 is 4.90 Å². The quantitative estimate of drug-likeness (QED) is 0.782. The summed E-state index contributed by atoms with van der Waals surface area (Å²) in [6.45, 7) is 2.46. The third-order valence-corrected chi connectivity index (χ3v) is 4.44. The third kappa shape index (κ3) is 2.39. The molecule has 0 aliphatic carbocycles. The van der Waals surface area contributed by atoms with Gasteiger partial charge in [0.25, 0.3) is 5.91 Å². The summed E-state index contributed by atoms with van der Waals surface area (Å²) < 4.78 is 2.36. The SMILES string of the molecule is CC(Cl)CN(C)C(=O)c1cc2sccc2s1. The van der Waals surface area contributed by atoms with E-state index in [1.807, 2.05) is 24.4 Å². The minimum absolute atomic E-state index is 0.0185. The van der Waals surface area contributed by atoms with Crippen molar-refractivity contribution in [2.75, 3.05) is 13.6 Å². The van der Waals surface area contributed by atoms with Crippen molar-refractivity contribution in [1.29, 1.82) is 0 Å². The maximum atomic E-state index is 12.0. The molecule has 86 valence electrons. The molecule has 5 heteroatoms. The Bertz CT molecular complexity index is 474. The van der Waals surface area contributed by atoms with Gasteiger partial charge in [-0.25, -0.2) is 0 Å². The van der Waals surface area contributed by atoms with Gasteiger partial charge in [-0.2, -0.15) is 0 Å². The normalized spacial score (nSPS) is 12.9. The van der Waals surface area contributed by atoms with E-state index < -0.39 is 0 Å². The van der Waals surface area contributed by atoms with Crippen LogP contribution < -0.4 is 0 Å². The Labute approximate surface area is 107 Å². The van der Waals surface area contributed by atoms with Crippen molar-refractivity contribution in [3.8, 4) is 0 Å². The summed E-state index contributed by atoms with van der Waals surface area (Å²) >= 11 is 9.08. The molecular formula is C11H12ClNOS2. The first kappa shape index (κ1) is 11.9. The second-order valence-corrected chi connectivity index (χ2v) is 6.50. The third-order valence-electron chi connectivity index (χ3n) is 2.22. The predicted octanol–water partition coefficient (Wildman–Crippen LogP) is 3.66. The number of hydrogen-bond acceptors (Lipinski definition) is 3. The molecule has 0 aromatic carbocycles. The van der Waals surface area contributed by atoms with Gasteiger partial charge in [-0.3, -0.25) is 4.79 Å². The molecule has 0 aliphatic rings. The molecule has 1 atom stereocenters. The maximum absolute atomic E-state index is 12.0. The zero-order chi connectivity index (χ0) is 11.7. The van der Waals surface area contributed by atoms with Crippen LogP contribution in [0.5, 0.6) is 0 Å². The molecule has 0 saturated carbocycles. The molecule has 0 fully saturated rings. The Morgan fingerprint density at radius 1 is 1.56 bits per heavy atom. The average Bonchev–Trinajstić information content (AvgIpc) is 2.74. The summed E-state index contributed by atoms with van der Waals surface area (Å²) in [6.07, 6.45) is 0. The molecule has 0 N–H and O–H groups in total. The molecule has 0 aliphatic heterocycles. The molecule has 2 rings (SSSR count). The molecule has 0 bridgehead atoms. The van der Waals surface area contributed by atoms with Gasteiger partial charge in [0.15, 0.2) is 0 Å². The van der Waals surface area contributed by atoms with Gasteiger partial charge in [0.05, 0.1) is 4.88 Å². The molecule has 16 heavy (non-hydrogen) atoms. The molecular weight excluding hydrogens is 262 g/mol. The van der Waals surface area contributed by atoms with Crippen molar-refractivity contribution >= 4 is 49.6 Å². The lowest BCUT2D eigenvalue weighted by atomic mass is 10.3. The second-order valence-electron chi connectivity index (χ2n) is 3.73. The number of fused-ring (bicyclic) bond motifs is 1. The molecule has 0 radical (unpaired) electrons. The Hall–Kier alpha value is -0.580. The number of thiophene rings is 2. The highest BCUT2D eigenvalue weighted by Gasteiger charge is 2.16. The summed E-state index contributed by atoms with van der Waals surface area (Å²) in [4.78, 5) is 14.5. The molecule has 0 spiro atoms. The van der Waals surface area contributed by atoms with Crippen LogP contribution >= 0.6 is 34.3 Å². The molecule has 1 unspecified atom stereocenters. The van der Waals surface area contributed by atoms with Crippen LogP contribution in [0.25, 0.3) is 9.40 Å². The van der Waals surface area contributed by atoms with Gasteiger partial charge >= 0.3 is 0 Å².